The molecule has 2 N–H and O–H groups in total. The molecule has 1 amide bonds. The number of aromatic amines is 1. The summed E-state index contributed by atoms with van der Waals surface area (Å²) in [5, 5.41) is 3.81. The smallest absolute Gasteiger partial charge is 0.240 e. The van der Waals surface area contributed by atoms with E-state index in [0.29, 0.717) is 6.42 Å². The van der Waals surface area contributed by atoms with E-state index in [4.69, 9.17) is 0 Å². The zero-order valence-corrected chi connectivity index (χ0v) is 8.29. The number of rotatable bonds is 5. The van der Waals surface area contributed by atoms with Gasteiger partial charge in [0.15, 0.2) is 0 Å². The van der Waals surface area contributed by atoms with Crippen LogP contribution in [0.4, 0.5) is 0 Å². The van der Waals surface area contributed by atoms with E-state index < -0.39 is 0 Å². The molecule has 0 saturated carbocycles. The maximum absolute atomic E-state index is 11.1. The minimum absolute atomic E-state index is 0.0327. The van der Waals surface area contributed by atoms with E-state index in [9.17, 15) is 4.79 Å². The second-order valence-electron chi connectivity index (χ2n) is 3.02. The van der Waals surface area contributed by atoms with Crippen molar-refractivity contribution in [2.45, 2.75) is 26.2 Å². The van der Waals surface area contributed by atoms with Crippen LogP contribution in [-0.2, 0) is 4.79 Å². The standard InChI is InChI=1S/C10H15N3O/c1-2-3-6-10(14)13-12-8-9-5-4-7-11-9/h4-5,7-8,11H,2-3,6H2,1H3,(H,13,14). The van der Waals surface area contributed by atoms with Gasteiger partial charge in [0.25, 0.3) is 0 Å². The highest BCUT2D eigenvalue weighted by Gasteiger charge is 1.96. The van der Waals surface area contributed by atoms with Crippen LogP contribution in [0.25, 0.3) is 0 Å². The predicted octanol–water partition coefficient (Wildman–Crippen LogP) is 1.65. The molecule has 1 rings (SSSR count). The van der Waals surface area contributed by atoms with Gasteiger partial charge < -0.3 is 4.98 Å². The van der Waals surface area contributed by atoms with Crippen molar-refractivity contribution < 1.29 is 4.79 Å². The number of hydrogen-bond acceptors (Lipinski definition) is 2. The lowest BCUT2D eigenvalue weighted by atomic mass is 10.2. The Labute approximate surface area is 83.4 Å². The Morgan fingerprint density at radius 2 is 2.57 bits per heavy atom. The Kier molecular flexibility index (Phi) is 4.47. The molecule has 0 aromatic carbocycles. The van der Waals surface area contributed by atoms with Crippen LogP contribution in [0.5, 0.6) is 0 Å². The minimum atomic E-state index is -0.0327. The highest BCUT2D eigenvalue weighted by Crippen LogP contribution is 1.93. The third kappa shape index (κ3) is 3.89. The molecule has 0 saturated heterocycles. The van der Waals surface area contributed by atoms with Crippen molar-refractivity contribution in [2.24, 2.45) is 5.10 Å². The first kappa shape index (κ1) is 10.5. The second-order valence-corrected chi connectivity index (χ2v) is 3.02. The molecule has 1 aromatic heterocycles. The summed E-state index contributed by atoms with van der Waals surface area (Å²) in [7, 11) is 0. The SMILES string of the molecule is CCCCC(=O)NN=Cc1ccc[nH]1. The van der Waals surface area contributed by atoms with E-state index >= 15 is 0 Å². The Morgan fingerprint density at radius 3 is 3.21 bits per heavy atom. The van der Waals surface area contributed by atoms with Gasteiger partial charge >= 0.3 is 0 Å². The zero-order valence-electron chi connectivity index (χ0n) is 8.29. The average molecular weight is 193 g/mol. The fourth-order valence-corrected chi connectivity index (χ4v) is 0.992. The van der Waals surface area contributed by atoms with Crippen LogP contribution >= 0.6 is 0 Å². The maximum Gasteiger partial charge on any atom is 0.240 e. The first-order valence-corrected chi connectivity index (χ1v) is 4.78. The highest BCUT2D eigenvalue weighted by molar-refractivity contribution is 5.80. The number of carbonyl (C=O) groups excluding carboxylic acids is 1. The molecule has 14 heavy (non-hydrogen) atoms. The van der Waals surface area contributed by atoms with Crippen LogP contribution < -0.4 is 5.43 Å². The largest absolute Gasteiger partial charge is 0.360 e. The summed E-state index contributed by atoms with van der Waals surface area (Å²) in [6.45, 7) is 2.05. The third-order valence-corrected chi connectivity index (χ3v) is 1.77. The summed E-state index contributed by atoms with van der Waals surface area (Å²) in [6.07, 6.45) is 5.86. The third-order valence-electron chi connectivity index (χ3n) is 1.77. The number of nitrogens with one attached hydrogen (secondary N) is 2. The molecule has 0 bridgehead atoms. The monoisotopic (exact) mass is 193 g/mol. The van der Waals surface area contributed by atoms with Gasteiger partial charge in [-0.3, -0.25) is 4.79 Å². The Hall–Kier alpha value is -1.58. The normalized spacial score (nSPS) is 10.6. The Balaban J connectivity index is 2.23. The first-order valence-electron chi connectivity index (χ1n) is 4.78. The van der Waals surface area contributed by atoms with Crippen LogP contribution in [0.2, 0.25) is 0 Å². The van der Waals surface area contributed by atoms with Gasteiger partial charge in [0.2, 0.25) is 5.91 Å². The molecule has 0 radical (unpaired) electrons. The van der Waals surface area contributed by atoms with Crippen molar-refractivity contribution in [3.63, 3.8) is 0 Å². The van der Waals surface area contributed by atoms with Crippen LogP contribution in [0, 0.1) is 0 Å². The number of unbranched alkanes of at least 4 members (excludes halogenated alkanes) is 1. The number of hydrazone groups is 1. The number of carbonyl (C=O) groups is 1. The fourth-order valence-electron chi connectivity index (χ4n) is 0.992. The van der Waals surface area contributed by atoms with Crippen LogP contribution in [0.15, 0.2) is 23.4 Å². The van der Waals surface area contributed by atoms with Crippen molar-refractivity contribution >= 4 is 12.1 Å². The van der Waals surface area contributed by atoms with Gasteiger partial charge in [-0.1, -0.05) is 13.3 Å². The van der Waals surface area contributed by atoms with Crippen molar-refractivity contribution in [1.29, 1.82) is 0 Å². The summed E-state index contributed by atoms with van der Waals surface area (Å²) >= 11 is 0. The van der Waals surface area contributed by atoms with Gasteiger partial charge in [0.1, 0.15) is 0 Å². The summed E-state index contributed by atoms with van der Waals surface area (Å²) in [5.74, 6) is -0.0327. The number of amides is 1. The average Bonchev–Trinajstić information content (AvgIpc) is 2.67. The molecule has 0 aliphatic heterocycles. The van der Waals surface area contributed by atoms with Gasteiger partial charge in [0.05, 0.1) is 11.9 Å². The van der Waals surface area contributed by atoms with E-state index in [0.717, 1.165) is 18.5 Å². The van der Waals surface area contributed by atoms with Gasteiger partial charge in [-0.05, 0) is 18.6 Å². The van der Waals surface area contributed by atoms with Gasteiger partial charge in [-0.25, -0.2) is 5.43 Å². The van der Waals surface area contributed by atoms with Gasteiger partial charge in [0, 0.05) is 12.6 Å². The summed E-state index contributed by atoms with van der Waals surface area (Å²) in [4.78, 5) is 14.0. The zero-order chi connectivity index (χ0) is 10.2. The van der Waals surface area contributed by atoms with Crippen molar-refractivity contribution in [3.05, 3.63) is 24.0 Å². The Morgan fingerprint density at radius 1 is 1.71 bits per heavy atom. The molecule has 4 nitrogen and oxygen atoms in total. The topological polar surface area (TPSA) is 57.2 Å². The highest BCUT2D eigenvalue weighted by atomic mass is 16.2. The van der Waals surface area contributed by atoms with E-state index in [-0.39, 0.29) is 5.91 Å². The van der Waals surface area contributed by atoms with Gasteiger partial charge in [-0.2, -0.15) is 5.10 Å². The van der Waals surface area contributed by atoms with Crippen LogP contribution in [-0.4, -0.2) is 17.1 Å². The summed E-state index contributed by atoms with van der Waals surface area (Å²) in [6, 6.07) is 3.75. The number of nitrogens with zero attached hydrogens (tertiary/aromatic N) is 1. The number of aromatic nitrogens is 1. The number of H-pyrrole nitrogens is 1. The lowest BCUT2D eigenvalue weighted by Gasteiger charge is -1.96. The second kappa shape index (κ2) is 5.96. The predicted molar refractivity (Wildman–Crippen MR) is 56.1 cm³/mol. The van der Waals surface area contributed by atoms with E-state index in [1.54, 1.807) is 12.4 Å². The van der Waals surface area contributed by atoms with Crippen LogP contribution in [0.3, 0.4) is 0 Å². The van der Waals surface area contributed by atoms with E-state index in [1.165, 1.54) is 0 Å². The summed E-state index contributed by atoms with van der Waals surface area (Å²) in [5.41, 5.74) is 3.34. The Bertz CT molecular complexity index is 290. The van der Waals surface area contributed by atoms with E-state index in [2.05, 4.69) is 22.4 Å². The minimum Gasteiger partial charge on any atom is -0.360 e. The molecule has 0 spiro atoms. The van der Waals surface area contributed by atoms with Crippen LogP contribution in [0.1, 0.15) is 31.9 Å². The molecular weight excluding hydrogens is 178 g/mol. The lowest BCUT2D eigenvalue weighted by molar-refractivity contribution is -0.121. The van der Waals surface area contributed by atoms with E-state index in [1.807, 2.05) is 12.1 Å². The molecule has 76 valence electrons. The van der Waals surface area contributed by atoms with Crippen molar-refractivity contribution in [3.8, 4) is 0 Å². The summed E-state index contributed by atoms with van der Waals surface area (Å²) < 4.78 is 0. The lowest BCUT2D eigenvalue weighted by Crippen LogP contribution is -2.16. The molecule has 1 heterocycles. The van der Waals surface area contributed by atoms with Crippen molar-refractivity contribution in [1.82, 2.24) is 10.4 Å². The molecule has 0 aliphatic carbocycles. The maximum atomic E-state index is 11.1. The fraction of sp³-hybridized carbons (Fsp3) is 0.400. The quantitative estimate of drug-likeness (QED) is 0.542. The molecule has 0 unspecified atom stereocenters. The molecule has 0 fully saturated rings. The number of hydrogen-bond donors (Lipinski definition) is 2. The molecular formula is C10H15N3O. The van der Waals surface area contributed by atoms with Gasteiger partial charge in [-0.15, -0.1) is 0 Å². The molecule has 0 aliphatic rings. The first-order chi connectivity index (χ1) is 6.83. The molecule has 1 aromatic rings. The van der Waals surface area contributed by atoms with Crippen molar-refractivity contribution in [2.75, 3.05) is 0 Å². The molecule has 4 heteroatoms. The molecule has 0 atom stereocenters.